The van der Waals surface area contributed by atoms with Crippen molar-refractivity contribution >= 4 is 50.5 Å². The molecule has 2 aromatic rings. The van der Waals surface area contributed by atoms with Crippen molar-refractivity contribution in [2.24, 2.45) is 5.14 Å². The Morgan fingerprint density at radius 1 is 1.19 bits per heavy atom. The minimum atomic E-state index is -3.72. The molecule has 0 spiro atoms. The average Bonchev–Trinajstić information content (AvgIpc) is 2.98. The highest BCUT2D eigenvalue weighted by molar-refractivity contribution is 7.89. The summed E-state index contributed by atoms with van der Waals surface area (Å²) in [5.74, 6) is -0.199. The number of nitrogens with two attached hydrogens (primary N) is 1. The number of nitrogens with zero attached hydrogens (tertiary/aromatic N) is 1. The largest absolute Gasteiger partial charge is 0.370 e. The number of anilines is 2. The van der Waals surface area contributed by atoms with Crippen molar-refractivity contribution in [3.05, 3.63) is 52.0 Å². The molecule has 3 N–H and O–H groups in total. The number of hydrogen-bond acceptors (Lipinski definition) is 4. The lowest BCUT2D eigenvalue weighted by Gasteiger charge is -2.19. The van der Waals surface area contributed by atoms with E-state index in [4.69, 9.17) is 28.3 Å². The molecule has 1 heterocycles. The van der Waals surface area contributed by atoms with E-state index >= 15 is 0 Å². The number of rotatable bonds is 5. The Morgan fingerprint density at radius 2 is 1.88 bits per heavy atom. The molecule has 1 amide bonds. The second kappa shape index (κ2) is 7.44. The Hall–Kier alpha value is -1.80. The summed E-state index contributed by atoms with van der Waals surface area (Å²) in [7, 11) is -3.72. The van der Waals surface area contributed by atoms with Crippen LogP contribution in [0, 0.1) is 0 Å². The maximum Gasteiger partial charge on any atom is 0.238 e. The van der Waals surface area contributed by atoms with E-state index in [9.17, 15) is 13.2 Å². The molecule has 0 saturated heterocycles. The number of fused-ring (bicyclic) bond motifs is 1. The fourth-order valence-corrected chi connectivity index (χ4v) is 3.97. The van der Waals surface area contributed by atoms with Gasteiger partial charge in [-0.3, -0.25) is 4.79 Å². The van der Waals surface area contributed by atoms with Crippen LogP contribution in [0.3, 0.4) is 0 Å². The summed E-state index contributed by atoms with van der Waals surface area (Å²) in [6.07, 6.45) is 0.953. The van der Waals surface area contributed by atoms with Crippen molar-refractivity contribution in [3.63, 3.8) is 0 Å². The maximum atomic E-state index is 12.2. The highest BCUT2D eigenvalue weighted by Crippen LogP contribution is 2.31. The van der Waals surface area contributed by atoms with Crippen LogP contribution in [0.4, 0.5) is 11.4 Å². The number of amides is 1. The fourth-order valence-electron chi connectivity index (χ4n) is 2.91. The Bertz CT molecular complexity index is 943. The topological polar surface area (TPSA) is 92.5 Å². The van der Waals surface area contributed by atoms with Crippen LogP contribution in [-0.4, -0.2) is 27.4 Å². The van der Waals surface area contributed by atoms with Crippen molar-refractivity contribution in [2.75, 3.05) is 23.3 Å². The third-order valence-electron chi connectivity index (χ3n) is 4.21. The van der Waals surface area contributed by atoms with E-state index in [1.165, 1.54) is 6.07 Å². The van der Waals surface area contributed by atoms with E-state index in [1.54, 1.807) is 30.3 Å². The Balaban J connectivity index is 1.64. The molecule has 3 rings (SSSR count). The minimum Gasteiger partial charge on any atom is -0.370 e. The van der Waals surface area contributed by atoms with E-state index in [0.29, 0.717) is 35.2 Å². The number of nitrogens with one attached hydrogen (secondary N) is 1. The van der Waals surface area contributed by atoms with Gasteiger partial charge in [-0.25, -0.2) is 13.6 Å². The Morgan fingerprint density at radius 3 is 2.54 bits per heavy atom. The molecule has 0 aliphatic carbocycles. The van der Waals surface area contributed by atoms with Crippen LogP contribution in [0.2, 0.25) is 10.0 Å². The zero-order valence-corrected chi connectivity index (χ0v) is 16.0. The van der Waals surface area contributed by atoms with Gasteiger partial charge >= 0.3 is 0 Å². The standard InChI is InChI=1S/C17H17Cl2N3O3S/c18-13-2-1-3-14(19)17(13)21-16(23)7-9-22-8-6-11-10-12(26(20,24)25)4-5-15(11)22/h1-5,10H,6-9H2,(H,21,23)(H2,20,24,25). The van der Waals surface area contributed by atoms with Gasteiger partial charge in [-0.15, -0.1) is 0 Å². The summed E-state index contributed by atoms with van der Waals surface area (Å²) in [5.41, 5.74) is 2.23. The first-order valence-electron chi connectivity index (χ1n) is 7.90. The summed E-state index contributed by atoms with van der Waals surface area (Å²) in [5, 5.41) is 8.66. The predicted molar refractivity (Wildman–Crippen MR) is 103 cm³/mol. The molecule has 1 aliphatic rings. The molecule has 6 nitrogen and oxygen atoms in total. The van der Waals surface area contributed by atoms with Gasteiger partial charge in [0, 0.05) is 25.2 Å². The van der Waals surface area contributed by atoms with E-state index < -0.39 is 10.0 Å². The molecule has 0 fully saturated rings. The van der Waals surface area contributed by atoms with Crippen LogP contribution in [0.1, 0.15) is 12.0 Å². The molecule has 0 saturated carbocycles. The number of halogens is 2. The molecule has 26 heavy (non-hydrogen) atoms. The third-order valence-corrected chi connectivity index (χ3v) is 5.75. The van der Waals surface area contributed by atoms with Crippen molar-refractivity contribution in [1.29, 1.82) is 0 Å². The third kappa shape index (κ3) is 4.12. The quantitative estimate of drug-likeness (QED) is 0.787. The first-order valence-corrected chi connectivity index (χ1v) is 10.2. The molecule has 1 aliphatic heterocycles. The first-order chi connectivity index (χ1) is 12.3. The molecule has 9 heteroatoms. The zero-order valence-electron chi connectivity index (χ0n) is 13.7. The Labute approximate surface area is 161 Å². The van der Waals surface area contributed by atoms with Crippen molar-refractivity contribution in [2.45, 2.75) is 17.7 Å². The van der Waals surface area contributed by atoms with Crippen molar-refractivity contribution < 1.29 is 13.2 Å². The monoisotopic (exact) mass is 413 g/mol. The summed E-state index contributed by atoms with van der Waals surface area (Å²) in [4.78, 5) is 14.4. The van der Waals surface area contributed by atoms with Crippen LogP contribution in [0.25, 0.3) is 0 Å². The Kier molecular flexibility index (Phi) is 5.43. The predicted octanol–water partition coefficient (Wildman–Crippen LogP) is 3.03. The summed E-state index contributed by atoms with van der Waals surface area (Å²) in [6.45, 7) is 1.21. The highest BCUT2D eigenvalue weighted by atomic mass is 35.5. The summed E-state index contributed by atoms with van der Waals surface area (Å²) >= 11 is 12.1. The SMILES string of the molecule is NS(=O)(=O)c1ccc2c(c1)CCN2CCC(=O)Nc1c(Cl)cccc1Cl. The van der Waals surface area contributed by atoms with Crippen LogP contribution < -0.4 is 15.4 Å². The molecule has 0 aromatic heterocycles. The molecule has 0 atom stereocenters. The van der Waals surface area contributed by atoms with Gasteiger partial charge in [0.25, 0.3) is 0 Å². The number of sulfonamides is 1. The van der Waals surface area contributed by atoms with Gasteiger partial charge < -0.3 is 10.2 Å². The van der Waals surface area contributed by atoms with E-state index in [-0.39, 0.29) is 17.2 Å². The normalized spacial score (nSPS) is 13.6. The van der Waals surface area contributed by atoms with Gasteiger partial charge in [0.1, 0.15) is 0 Å². The number of carbonyl (C=O) groups is 1. The first kappa shape index (κ1) is 19.0. The van der Waals surface area contributed by atoms with Crippen molar-refractivity contribution in [3.8, 4) is 0 Å². The molecular weight excluding hydrogens is 397 g/mol. The average molecular weight is 414 g/mol. The molecule has 138 valence electrons. The lowest BCUT2D eigenvalue weighted by Crippen LogP contribution is -2.26. The number of benzene rings is 2. The van der Waals surface area contributed by atoms with Crippen LogP contribution in [0.5, 0.6) is 0 Å². The second-order valence-corrected chi connectivity index (χ2v) is 8.34. The van der Waals surface area contributed by atoms with Gasteiger partial charge in [-0.2, -0.15) is 0 Å². The van der Waals surface area contributed by atoms with E-state index in [0.717, 1.165) is 11.3 Å². The number of para-hydroxylation sites is 1. The van der Waals surface area contributed by atoms with Crippen LogP contribution >= 0.6 is 23.2 Å². The van der Waals surface area contributed by atoms with Gasteiger partial charge in [0.05, 0.1) is 20.6 Å². The lowest BCUT2D eigenvalue weighted by molar-refractivity contribution is -0.116. The summed E-state index contributed by atoms with van der Waals surface area (Å²) in [6, 6.07) is 9.82. The van der Waals surface area contributed by atoms with Gasteiger partial charge in [-0.1, -0.05) is 29.3 Å². The number of hydrogen-bond donors (Lipinski definition) is 2. The van der Waals surface area contributed by atoms with Crippen LogP contribution in [0.15, 0.2) is 41.3 Å². The fraction of sp³-hybridized carbons (Fsp3) is 0.235. The van der Waals surface area contributed by atoms with Crippen molar-refractivity contribution in [1.82, 2.24) is 0 Å². The maximum absolute atomic E-state index is 12.2. The van der Waals surface area contributed by atoms with E-state index in [2.05, 4.69) is 5.32 Å². The van der Waals surface area contributed by atoms with E-state index in [1.807, 2.05) is 4.90 Å². The smallest absolute Gasteiger partial charge is 0.238 e. The molecule has 2 aromatic carbocycles. The molecule has 0 bridgehead atoms. The highest BCUT2D eigenvalue weighted by Gasteiger charge is 2.22. The molecule has 0 radical (unpaired) electrons. The number of carbonyl (C=O) groups excluding carboxylic acids is 1. The lowest BCUT2D eigenvalue weighted by atomic mass is 10.2. The minimum absolute atomic E-state index is 0.101. The van der Waals surface area contributed by atoms with Crippen LogP contribution in [-0.2, 0) is 21.2 Å². The molecular formula is C17H17Cl2N3O3S. The van der Waals surface area contributed by atoms with Gasteiger partial charge in [0.2, 0.25) is 15.9 Å². The number of primary sulfonamides is 1. The van der Waals surface area contributed by atoms with Gasteiger partial charge in [-0.05, 0) is 42.3 Å². The zero-order chi connectivity index (χ0) is 18.9. The second-order valence-electron chi connectivity index (χ2n) is 5.97. The molecule has 0 unspecified atom stereocenters. The van der Waals surface area contributed by atoms with Gasteiger partial charge in [0.15, 0.2) is 0 Å². The summed E-state index contributed by atoms with van der Waals surface area (Å²) < 4.78 is 22.9.